The second-order valence-corrected chi connectivity index (χ2v) is 5.89. The van der Waals surface area contributed by atoms with Crippen LogP contribution in [0.3, 0.4) is 0 Å². The lowest BCUT2D eigenvalue weighted by molar-refractivity contribution is -0.384. The molecule has 0 spiro atoms. The first-order valence-electron chi connectivity index (χ1n) is 7.70. The summed E-state index contributed by atoms with van der Waals surface area (Å²) in [5.74, 6) is 1.71. The van der Waals surface area contributed by atoms with Gasteiger partial charge in [-0.25, -0.2) is 0 Å². The molecule has 5 heteroatoms. The molecule has 3 atom stereocenters. The van der Waals surface area contributed by atoms with Crippen molar-refractivity contribution in [3.63, 3.8) is 0 Å². The van der Waals surface area contributed by atoms with Gasteiger partial charge in [-0.1, -0.05) is 26.7 Å². The number of ether oxygens (including phenoxy) is 1. The molecule has 3 unspecified atom stereocenters. The molecule has 0 bridgehead atoms. The van der Waals surface area contributed by atoms with Crippen LogP contribution in [0, 0.1) is 22.0 Å². The number of benzene rings is 1. The molecule has 0 aliphatic heterocycles. The Labute approximate surface area is 125 Å². The van der Waals surface area contributed by atoms with Crippen LogP contribution in [0.4, 0.5) is 11.4 Å². The Hall–Kier alpha value is -1.78. The van der Waals surface area contributed by atoms with Crippen LogP contribution in [0.1, 0.15) is 40.0 Å². The van der Waals surface area contributed by atoms with Crippen LogP contribution in [-0.4, -0.2) is 17.6 Å². The van der Waals surface area contributed by atoms with Gasteiger partial charge >= 0.3 is 0 Å². The van der Waals surface area contributed by atoms with E-state index in [0.29, 0.717) is 35.9 Å². The average molecular weight is 292 g/mol. The Morgan fingerprint density at radius 2 is 2.14 bits per heavy atom. The summed E-state index contributed by atoms with van der Waals surface area (Å²) in [5.41, 5.74) is 0.681. The van der Waals surface area contributed by atoms with E-state index in [0.717, 1.165) is 6.42 Å². The van der Waals surface area contributed by atoms with Crippen LogP contribution >= 0.6 is 0 Å². The molecule has 1 aliphatic rings. The van der Waals surface area contributed by atoms with E-state index in [1.807, 2.05) is 6.92 Å². The molecule has 0 amide bonds. The molecule has 0 radical (unpaired) electrons. The summed E-state index contributed by atoms with van der Waals surface area (Å²) >= 11 is 0. The quantitative estimate of drug-likeness (QED) is 0.651. The number of hydrogen-bond acceptors (Lipinski definition) is 4. The number of anilines is 1. The van der Waals surface area contributed by atoms with Crippen molar-refractivity contribution in [3.8, 4) is 5.75 Å². The molecule has 1 aliphatic carbocycles. The molecule has 21 heavy (non-hydrogen) atoms. The fourth-order valence-corrected chi connectivity index (χ4v) is 3.03. The Bertz CT molecular complexity index is 504. The lowest BCUT2D eigenvalue weighted by Crippen LogP contribution is -2.35. The minimum Gasteiger partial charge on any atom is -0.494 e. The molecule has 0 aromatic heterocycles. The summed E-state index contributed by atoms with van der Waals surface area (Å²) < 4.78 is 5.35. The Balaban J connectivity index is 2.20. The molecule has 0 heterocycles. The van der Waals surface area contributed by atoms with Crippen LogP contribution in [0.5, 0.6) is 5.75 Å². The molecule has 116 valence electrons. The van der Waals surface area contributed by atoms with Crippen LogP contribution in [0.2, 0.25) is 0 Å². The van der Waals surface area contributed by atoms with Gasteiger partial charge in [0.05, 0.1) is 17.6 Å². The topological polar surface area (TPSA) is 64.4 Å². The summed E-state index contributed by atoms with van der Waals surface area (Å²) in [7, 11) is 0. The van der Waals surface area contributed by atoms with E-state index in [9.17, 15) is 10.1 Å². The summed E-state index contributed by atoms with van der Waals surface area (Å²) in [6, 6.07) is 5.35. The van der Waals surface area contributed by atoms with Crippen molar-refractivity contribution < 1.29 is 9.66 Å². The first-order chi connectivity index (χ1) is 10.0. The highest BCUT2D eigenvalue weighted by Crippen LogP contribution is 2.35. The zero-order valence-corrected chi connectivity index (χ0v) is 13.0. The third-order valence-electron chi connectivity index (χ3n) is 4.52. The fourth-order valence-electron chi connectivity index (χ4n) is 3.03. The van der Waals surface area contributed by atoms with Gasteiger partial charge in [-0.05, 0) is 37.3 Å². The molecule has 1 saturated carbocycles. The molecule has 1 fully saturated rings. The largest absolute Gasteiger partial charge is 0.494 e. The van der Waals surface area contributed by atoms with Crippen molar-refractivity contribution in [1.29, 1.82) is 0 Å². The first kappa shape index (κ1) is 15.6. The van der Waals surface area contributed by atoms with E-state index in [2.05, 4.69) is 19.2 Å². The van der Waals surface area contributed by atoms with Crippen molar-refractivity contribution in [2.45, 2.75) is 46.1 Å². The third kappa shape index (κ3) is 3.65. The minimum absolute atomic E-state index is 0.0892. The second-order valence-electron chi connectivity index (χ2n) is 5.89. The molecule has 5 nitrogen and oxygen atoms in total. The smallest absolute Gasteiger partial charge is 0.296 e. The van der Waals surface area contributed by atoms with Crippen LogP contribution in [0.25, 0.3) is 0 Å². The standard InChI is InChI=1S/C16H24N2O3/c1-4-21-13-8-9-15(16(10-13)18(19)20)17-14-7-5-6-11(2)12(14)3/h8-12,14,17H,4-7H2,1-3H3. The monoisotopic (exact) mass is 292 g/mol. The van der Waals surface area contributed by atoms with Gasteiger partial charge in [0.1, 0.15) is 11.4 Å². The van der Waals surface area contributed by atoms with E-state index < -0.39 is 0 Å². The Morgan fingerprint density at radius 3 is 2.81 bits per heavy atom. The number of nitro benzene ring substituents is 1. The SMILES string of the molecule is CCOc1ccc(NC2CCCC(C)C2C)c([N+](=O)[O-])c1. The van der Waals surface area contributed by atoms with Gasteiger partial charge in [0.15, 0.2) is 0 Å². The molecule has 0 saturated heterocycles. The number of nitrogens with one attached hydrogen (secondary N) is 1. The maximum Gasteiger partial charge on any atom is 0.296 e. The summed E-state index contributed by atoms with van der Waals surface area (Å²) in [5, 5.41) is 14.7. The predicted molar refractivity (Wildman–Crippen MR) is 83.9 cm³/mol. The van der Waals surface area contributed by atoms with E-state index in [1.165, 1.54) is 18.9 Å². The predicted octanol–water partition coefficient (Wildman–Crippen LogP) is 4.23. The van der Waals surface area contributed by atoms with Crippen molar-refractivity contribution in [2.75, 3.05) is 11.9 Å². The lowest BCUT2D eigenvalue weighted by Gasteiger charge is -2.35. The highest BCUT2D eigenvalue weighted by atomic mass is 16.6. The summed E-state index contributed by atoms with van der Waals surface area (Å²) in [6.45, 7) is 6.84. The number of hydrogen-bond donors (Lipinski definition) is 1. The number of rotatable bonds is 5. The van der Waals surface area contributed by atoms with Gasteiger partial charge in [0, 0.05) is 6.04 Å². The van der Waals surface area contributed by atoms with Crippen LogP contribution in [-0.2, 0) is 0 Å². The highest BCUT2D eigenvalue weighted by molar-refractivity contribution is 5.64. The van der Waals surface area contributed by atoms with Gasteiger partial charge in [-0.15, -0.1) is 0 Å². The van der Waals surface area contributed by atoms with Crippen LogP contribution < -0.4 is 10.1 Å². The Kier molecular flexibility index (Phi) is 5.04. The van der Waals surface area contributed by atoms with Crippen molar-refractivity contribution >= 4 is 11.4 Å². The highest BCUT2D eigenvalue weighted by Gasteiger charge is 2.28. The Morgan fingerprint density at radius 1 is 1.38 bits per heavy atom. The van der Waals surface area contributed by atoms with Gasteiger partial charge in [0.25, 0.3) is 5.69 Å². The second kappa shape index (κ2) is 6.78. The molecular weight excluding hydrogens is 268 g/mol. The van der Waals surface area contributed by atoms with Crippen molar-refractivity contribution in [2.24, 2.45) is 11.8 Å². The number of nitro groups is 1. The van der Waals surface area contributed by atoms with Crippen LogP contribution in [0.15, 0.2) is 18.2 Å². The zero-order valence-electron chi connectivity index (χ0n) is 13.0. The van der Waals surface area contributed by atoms with Crippen molar-refractivity contribution in [3.05, 3.63) is 28.3 Å². The molecule has 2 rings (SSSR count). The zero-order chi connectivity index (χ0) is 15.4. The van der Waals surface area contributed by atoms with E-state index in [1.54, 1.807) is 12.1 Å². The lowest BCUT2D eigenvalue weighted by atomic mass is 9.78. The maximum atomic E-state index is 11.3. The molecule has 1 aromatic rings. The molecule has 1 aromatic carbocycles. The maximum absolute atomic E-state index is 11.3. The van der Waals surface area contributed by atoms with Gasteiger partial charge in [-0.2, -0.15) is 0 Å². The fraction of sp³-hybridized carbons (Fsp3) is 0.625. The van der Waals surface area contributed by atoms with Gasteiger partial charge < -0.3 is 10.1 Å². The van der Waals surface area contributed by atoms with Crippen molar-refractivity contribution in [1.82, 2.24) is 0 Å². The first-order valence-corrected chi connectivity index (χ1v) is 7.70. The molecular formula is C16H24N2O3. The third-order valence-corrected chi connectivity index (χ3v) is 4.52. The van der Waals surface area contributed by atoms with E-state index >= 15 is 0 Å². The molecule has 1 N–H and O–H groups in total. The normalized spacial score (nSPS) is 25.4. The van der Waals surface area contributed by atoms with E-state index in [4.69, 9.17) is 4.74 Å². The van der Waals surface area contributed by atoms with Gasteiger partial charge in [-0.3, -0.25) is 10.1 Å². The summed E-state index contributed by atoms with van der Waals surface area (Å²) in [4.78, 5) is 10.9. The van der Waals surface area contributed by atoms with E-state index in [-0.39, 0.29) is 10.6 Å². The number of nitrogens with zero attached hydrogens (tertiary/aromatic N) is 1. The summed E-state index contributed by atoms with van der Waals surface area (Å²) in [6.07, 6.45) is 3.48. The average Bonchev–Trinajstić information content (AvgIpc) is 2.45. The van der Waals surface area contributed by atoms with Gasteiger partial charge in [0.2, 0.25) is 0 Å². The minimum atomic E-state index is -0.345.